The van der Waals surface area contributed by atoms with Crippen LogP contribution in [0.1, 0.15) is 72.6 Å². The molecule has 208 valence electrons. The Morgan fingerprint density at radius 1 is 1.00 bits per heavy atom. The second-order valence-corrected chi connectivity index (χ2v) is 13.0. The average molecular weight is 560 g/mol. The van der Waals surface area contributed by atoms with E-state index in [1.807, 2.05) is 43.3 Å². The number of rotatable bonds is 5. The number of aromatic amines is 1. The Labute approximate surface area is 238 Å². The van der Waals surface area contributed by atoms with Crippen LogP contribution in [-0.4, -0.2) is 50.2 Å². The maximum absolute atomic E-state index is 13.5. The molecule has 8 heteroatoms. The summed E-state index contributed by atoms with van der Waals surface area (Å²) in [6.45, 7) is 1.87. The molecule has 2 aromatic carbocycles. The number of carboxylic acid groups (broad SMARTS) is 1. The number of aromatic nitrogens is 1. The Bertz CT molecular complexity index is 1490. The molecule has 1 aromatic heterocycles. The number of benzene rings is 2. The molecule has 2 atom stereocenters. The quantitative estimate of drug-likeness (QED) is 0.374. The number of nitrogens with one attached hydrogen (secondary N) is 2. The number of carbonyl (C=O) groups is 3. The summed E-state index contributed by atoms with van der Waals surface area (Å²) >= 11 is 6.04. The van der Waals surface area contributed by atoms with Gasteiger partial charge in [-0.1, -0.05) is 30.3 Å². The number of H-pyrrole nitrogens is 1. The topological polar surface area (TPSA) is 102 Å². The van der Waals surface area contributed by atoms with Gasteiger partial charge in [-0.25, -0.2) is 4.79 Å². The van der Waals surface area contributed by atoms with Gasteiger partial charge in [0.1, 0.15) is 17.5 Å². The molecule has 2 amide bonds. The standard InChI is InChI=1S/C32H34ClN3O4/c1-31(28-24(23-4-2-3-5-25(23)34-28)13-26(30(39)40)36(31)27(37)17-33)22-8-6-21(7-9-22)29(38)35-32-14-18-10-19(15-32)12-20(11-18)16-32/h2-9,18-20,26,34H,10-17H2,1H3,(H,35,38)(H,39,40). The molecule has 3 N–H and O–H groups in total. The van der Waals surface area contributed by atoms with E-state index in [2.05, 4.69) is 10.3 Å². The second-order valence-electron chi connectivity index (χ2n) is 12.8. The maximum atomic E-state index is 13.5. The van der Waals surface area contributed by atoms with Crippen molar-refractivity contribution in [3.05, 3.63) is 70.9 Å². The van der Waals surface area contributed by atoms with Crippen LogP contribution in [0.2, 0.25) is 0 Å². The van der Waals surface area contributed by atoms with Crippen LogP contribution in [0.3, 0.4) is 0 Å². The Hall–Kier alpha value is -3.32. The largest absolute Gasteiger partial charge is 0.480 e. The van der Waals surface area contributed by atoms with Crippen LogP contribution < -0.4 is 5.32 Å². The summed E-state index contributed by atoms with van der Waals surface area (Å²) in [5, 5.41) is 14.6. The number of carbonyl (C=O) groups excluding carboxylic acids is 2. The van der Waals surface area contributed by atoms with Gasteiger partial charge in [-0.3, -0.25) is 9.59 Å². The van der Waals surface area contributed by atoms with Gasteiger partial charge in [-0.2, -0.15) is 0 Å². The number of hydrogen-bond donors (Lipinski definition) is 3. The first kappa shape index (κ1) is 25.6. The molecule has 2 unspecified atom stereocenters. The number of fused-ring (bicyclic) bond motifs is 3. The van der Waals surface area contributed by atoms with Crippen molar-refractivity contribution in [3.8, 4) is 0 Å². The molecule has 4 saturated carbocycles. The summed E-state index contributed by atoms with van der Waals surface area (Å²) in [4.78, 5) is 44.2. The van der Waals surface area contributed by atoms with Crippen molar-refractivity contribution < 1.29 is 19.5 Å². The number of amides is 2. The van der Waals surface area contributed by atoms with Gasteiger partial charge in [0.15, 0.2) is 0 Å². The van der Waals surface area contributed by atoms with Crippen molar-refractivity contribution in [1.29, 1.82) is 0 Å². The zero-order valence-corrected chi connectivity index (χ0v) is 23.3. The van der Waals surface area contributed by atoms with Gasteiger partial charge in [-0.05, 0) is 92.5 Å². The van der Waals surface area contributed by atoms with E-state index in [1.54, 1.807) is 12.1 Å². The fourth-order valence-electron chi connectivity index (χ4n) is 9.04. The Morgan fingerprint density at radius 2 is 1.62 bits per heavy atom. The monoisotopic (exact) mass is 559 g/mol. The minimum Gasteiger partial charge on any atom is -0.480 e. The van der Waals surface area contributed by atoms with Gasteiger partial charge in [0.05, 0.1) is 0 Å². The van der Waals surface area contributed by atoms with Gasteiger partial charge in [0.25, 0.3) is 5.91 Å². The summed E-state index contributed by atoms with van der Waals surface area (Å²) < 4.78 is 0. The van der Waals surface area contributed by atoms with E-state index >= 15 is 0 Å². The lowest BCUT2D eigenvalue weighted by atomic mass is 9.53. The number of carboxylic acids is 1. The third-order valence-corrected chi connectivity index (χ3v) is 10.5. The number of nitrogens with zero attached hydrogens (tertiary/aromatic N) is 1. The molecule has 7 nitrogen and oxygen atoms in total. The van der Waals surface area contributed by atoms with Crippen LogP contribution in [0.15, 0.2) is 48.5 Å². The minimum absolute atomic E-state index is 0.0642. The van der Waals surface area contributed by atoms with E-state index in [-0.39, 0.29) is 23.7 Å². The van der Waals surface area contributed by atoms with E-state index in [1.165, 1.54) is 24.2 Å². The summed E-state index contributed by atoms with van der Waals surface area (Å²) in [5.74, 6) is 0.276. The highest BCUT2D eigenvalue weighted by molar-refractivity contribution is 6.27. The van der Waals surface area contributed by atoms with Crippen molar-refractivity contribution in [1.82, 2.24) is 15.2 Å². The van der Waals surface area contributed by atoms with Crippen molar-refractivity contribution in [2.24, 2.45) is 17.8 Å². The molecular formula is C32H34ClN3O4. The first-order valence-corrected chi connectivity index (χ1v) is 14.9. The summed E-state index contributed by atoms with van der Waals surface area (Å²) in [6.07, 6.45) is 7.36. The highest BCUT2D eigenvalue weighted by Gasteiger charge is 2.52. The van der Waals surface area contributed by atoms with Gasteiger partial charge in [0.2, 0.25) is 5.91 Å². The van der Waals surface area contributed by atoms with Crippen molar-refractivity contribution >= 4 is 40.3 Å². The van der Waals surface area contributed by atoms with Gasteiger partial charge >= 0.3 is 5.97 Å². The van der Waals surface area contributed by atoms with Crippen LogP contribution >= 0.6 is 11.6 Å². The van der Waals surface area contributed by atoms with Crippen molar-refractivity contribution in [2.45, 2.75) is 69.0 Å². The predicted molar refractivity (Wildman–Crippen MR) is 152 cm³/mol. The number of hydrogen-bond acceptors (Lipinski definition) is 3. The molecule has 3 aromatic rings. The van der Waals surface area contributed by atoms with E-state index in [0.717, 1.165) is 64.7 Å². The average Bonchev–Trinajstić information content (AvgIpc) is 3.31. The molecule has 0 spiro atoms. The van der Waals surface area contributed by atoms with Crippen molar-refractivity contribution in [3.63, 3.8) is 0 Å². The molecule has 0 saturated heterocycles. The van der Waals surface area contributed by atoms with Gasteiger partial charge < -0.3 is 20.3 Å². The number of alkyl halides is 1. The first-order valence-electron chi connectivity index (χ1n) is 14.3. The van der Waals surface area contributed by atoms with Crippen LogP contribution in [0.4, 0.5) is 0 Å². The molecule has 8 rings (SSSR count). The Kier molecular flexibility index (Phi) is 5.83. The predicted octanol–water partition coefficient (Wildman–Crippen LogP) is 5.21. The fraction of sp³-hybridized carbons (Fsp3) is 0.469. The van der Waals surface area contributed by atoms with Crippen molar-refractivity contribution in [2.75, 3.05) is 5.88 Å². The zero-order chi connectivity index (χ0) is 27.8. The lowest BCUT2D eigenvalue weighted by Crippen LogP contribution is -2.60. The lowest BCUT2D eigenvalue weighted by molar-refractivity contribution is -0.155. The molecule has 1 aliphatic heterocycles. The minimum atomic E-state index is -1.13. The normalized spacial score (nSPS) is 32.2. The molecule has 5 aliphatic rings. The molecule has 4 aliphatic carbocycles. The van der Waals surface area contributed by atoms with Gasteiger partial charge in [-0.15, -0.1) is 11.6 Å². The van der Waals surface area contributed by atoms with E-state index in [9.17, 15) is 19.5 Å². The third kappa shape index (κ3) is 3.80. The third-order valence-electron chi connectivity index (χ3n) is 10.3. The van der Waals surface area contributed by atoms with Crippen LogP contribution in [0.25, 0.3) is 10.9 Å². The fourth-order valence-corrected chi connectivity index (χ4v) is 9.16. The molecule has 2 heterocycles. The Balaban J connectivity index is 1.26. The van der Waals surface area contributed by atoms with E-state index in [0.29, 0.717) is 5.56 Å². The zero-order valence-electron chi connectivity index (χ0n) is 22.6. The molecule has 40 heavy (non-hydrogen) atoms. The van der Waals surface area contributed by atoms with Gasteiger partial charge in [0, 0.05) is 34.1 Å². The number of halogens is 1. The molecule has 0 radical (unpaired) electrons. The SMILES string of the molecule is CC1(c2ccc(C(=O)NC34CC5CC(CC(C5)C3)C4)cc2)c2[nH]c3ccccc3c2CC(C(=O)O)N1C(=O)CCl. The molecular weight excluding hydrogens is 526 g/mol. The smallest absolute Gasteiger partial charge is 0.326 e. The Morgan fingerprint density at radius 3 is 2.23 bits per heavy atom. The summed E-state index contributed by atoms with van der Waals surface area (Å²) in [6, 6.07) is 14.0. The van der Waals surface area contributed by atoms with Crippen LogP contribution in [0.5, 0.6) is 0 Å². The highest BCUT2D eigenvalue weighted by atomic mass is 35.5. The maximum Gasteiger partial charge on any atom is 0.326 e. The first-order chi connectivity index (χ1) is 19.2. The van der Waals surface area contributed by atoms with E-state index < -0.39 is 23.5 Å². The summed E-state index contributed by atoms with van der Waals surface area (Å²) in [7, 11) is 0. The number of aliphatic carboxylic acids is 1. The summed E-state index contributed by atoms with van der Waals surface area (Å²) in [5.41, 5.74) is 2.61. The molecule has 4 bridgehead atoms. The second kappa shape index (κ2) is 9.10. The number of para-hydroxylation sites is 1. The van der Waals surface area contributed by atoms with E-state index in [4.69, 9.17) is 11.6 Å². The molecule has 4 fully saturated rings. The lowest BCUT2D eigenvalue weighted by Gasteiger charge is -2.56. The van der Waals surface area contributed by atoms with Crippen LogP contribution in [0, 0.1) is 17.8 Å². The highest BCUT2D eigenvalue weighted by Crippen LogP contribution is 2.55. The van der Waals surface area contributed by atoms with Crippen LogP contribution in [-0.2, 0) is 21.5 Å².